The molecule has 0 spiro atoms. The Balaban J connectivity index is 0.000000136. The van der Waals surface area contributed by atoms with Gasteiger partial charge in [0.2, 0.25) is 0 Å². The first-order chi connectivity index (χ1) is 54.4. The predicted octanol–water partition coefficient (Wildman–Crippen LogP) is 28.0. The normalized spacial score (nSPS) is 11.8. The Kier molecular flexibility index (Phi) is 14.1. The number of hydrogen-bond donors (Lipinski definition) is 0. The molecule has 3 aromatic heterocycles. The molecule has 110 heavy (non-hydrogen) atoms. The predicted molar refractivity (Wildman–Crippen MR) is 461 cm³/mol. The van der Waals surface area contributed by atoms with Gasteiger partial charge in [-0.05, 0) is 293 Å². The van der Waals surface area contributed by atoms with Crippen molar-refractivity contribution in [1.29, 1.82) is 10.5 Å². The van der Waals surface area contributed by atoms with E-state index >= 15 is 0 Å². The Morgan fingerprint density at radius 1 is 0.209 bits per heavy atom. The molecular weight excluding hydrogens is 1330 g/mol. The van der Waals surface area contributed by atoms with Crippen molar-refractivity contribution in [2.75, 3.05) is 0 Å². The number of fused-ring (bicyclic) bond motifs is 9. The molecule has 0 unspecified atom stereocenters. The summed E-state index contributed by atoms with van der Waals surface area (Å²) in [6.45, 7) is 0. The van der Waals surface area contributed by atoms with E-state index in [0.29, 0.717) is 11.1 Å². The van der Waals surface area contributed by atoms with E-state index in [2.05, 4.69) is 349 Å². The molecule has 0 N–H and O–H groups in total. The lowest BCUT2D eigenvalue weighted by Crippen LogP contribution is -1.93. The monoisotopic (exact) mass is 1390 g/mol. The summed E-state index contributed by atoms with van der Waals surface area (Å²) in [4.78, 5) is 5.01. The fourth-order valence-corrected chi connectivity index (χ4v) is 17.9. The molecule has 0 aliphatic rings. The van der Waals surface area contributed by atoms with Gasteiger partial charge in [-0.25, -0.2) is 0 Å². The Morgan fingerprint density at radius 2 is 0.564 bits per heavy atom. The van der Waals surface area contributed by atoms with Crippen LogP contribution in [0.4, 0.5) is 0 Å². The molecule has 0 aliphatic heterocycles. The van der Waals surface area contributed by atoms with Gasteiger partial charge in [-0.1, -0.05) is 218 Å². The topological polar surface area (TPSA) is 70.3 Å². The smallest absolute Gasteiger partial charge is 0.0991 e. The summed E-state index contributed by atoms with van der Waals surface area (Å²) in [6, 6.07) is 136. The van der Waals surface area contributed by atoms with Crippen LogP contribution < -0.4 is 0 Å². The summed E-state index contributed by atoms with van der Waals surface area (Å²) in [5.74, 6) is 0. The van der Waals surface area contributed by atoms with Crippen molar-refractivity contribution in [2.45, 2.75) is 0 Å². The first-order valence-electron chi connectivity index (χ1n) is 37.4. The number of nitriles is 2. The van der Waals surface area contributed by atoms with E-state index in [0.717, 1.165) is 82.9 Å². The van der Waals surface area contributed by atoms with Crippen LogP contribution in [0.5, 0.6) is 0 Å². The van der Waals surface area contributed by atoms with Gasteiger partial charge in [0.25, 0.3) is 0 Å². The van der Waals surface area contributed by atoms with Gasteiger partial charge >= 0.3 is 0 Å². The number of rotatable bonds is 8. The van der Waals surface area contributed by atoms with E-state index in [4.69, 9.17) is 4.98 Å². The van der Waals surface area contributed by atoms with Crippen molar-refractivity contribution in [3.05, 3.63) is 381 Å². The molecule has 23 aromatic rings. The zero-order valence-electron chi connectivity index (χ0n) is 59.5. The fraction of sp³-hybridized carbons (Fsp3) is 0. The number of pyridine rings is 1. The SMILES string of the molecule is N#Cc1ccc2c(c1)c1cc(-c3ccc(-c4cc5ccc6cc(-c7ccc8ccccc8c7)cc7ccc(c4)c5c67)c4ccccc34)ccc1n2-c1ccccc1.N#Cc1ccc2c(c1)c1cc(-c3ccc(-c4cc5ccc6cc(-c7cccc8ccccc78)cc7ccc(c4)c5c67)nc3)ccc1n2-c1ccccc1. The van der Waals surface area contributed by atoms with Crippen molar-refractivity contribution in [3.8, 4) is 90.4 Å². The van der Waals surface area contributed by atoms with Crippen LogP contribution in [0.1, 0.15) is 11.1 Å². The molecule has 5 nitrogen and oxygen atoms in total. The molecule has 0 atom stereocenters. The van der Waals surface area contributed by atoms with Gasteiger partial charge < -0.3 is 9.13 Å². The van der Waals surface area contributed by atoms with E-state index < -0.39 is 0 Å². The van der Waals surface area contributed by atoms with Crippen LogP contribution in [0.3, 0.4) is 0 Å². The van der Waals surface area contributed by atoms with Crippen molar-refractivity contribution < 1.29 is 0 Å². The highest BCUT2D eigenvalue weighted by Gasteiger charge is 2.21. The largest absolute Gasteiger partial charge is 0.309 e. The maximum atomic E-state index is 9.82. The molecule has 0 radical (unpaired) electrons. The highest BCUT2D eigenvalue weighted by atomic mass is 15.0. The van der Waals surface area contributed by atoms with Crippen molar-refractivity contribution in [2.24, 2.45) is 0 Å². The molecule has 20 aromatic carbocycles. The van der Waals surface area contributed by atoms with E-state index in [1.165, 1.54) is 136 Å². The second-order valence-electron chi connectivity index (χ2n) is 29.2. The molecule has 0 amide bonds. The average molecular weight is 1390 g/mol. The summed E-state index contributed by atoms with van der Waals surface area (Å²) in [6.07, 6.45) is 1.98. The molecule has 23 rings (SSSR count). The van der Waals surface area contributed by atoms with Crippen LogP contribution in [0.2, 0.25) is 0 Å². The molecular formula is C105H61N5. The van der Waals surface area contributed by atoms with Gasteiger partial charge in [-0.3, -0.25) is 4.98 Å². The molecule has 0 bridgehead atoms. The first-order valence-corrected chi connectivity index (χ1v) is 37.4. The van der Waals surface area contributed by atoms with Crippen molar-refractivity contribution in [3.63, 3.8) is 0 Å². The van der Waals surface area contributed by atoms with Gasteiger partial charge in [-0.15, -0.1) is 0 Å². The van der Waals surface area contributed by atoms with E-state index in [1.54, 1.807) is 0 Å². The minimum atomic E-state index is 0.653. The van der Waals surface area contributed by atoms with Crippen LogP contribution in [-0.4, -0.2) is 14.1 Å². The van der Waals surface area contributed by atoms with Gasteiger partial charge in [0, 0.05) is 50.2 Å². The fourth-order valence-electron chi connectivity index (χ4n) is 17.9. The van der Waals surface area contributed by atoms with Gasteiger partial charge in [-0.2, -0.15) is 10.5 Å². The van der Waals surface area contributed by atoms with Gasteiger partial charge in [0.05, 0.1) is 51.0 Å². The summed E-state index contributed by atoms with van der Waals surface area (Å²) in [7, 11) is 0. The molecule has 5 heteroatoms. The van der Waals surface area contributed by atoms with Crippen LogP contribution in [0.25, 0.3) is 219 Å². The number of hydrogen-bond acceptors (Lipinski definition) is 3. The summed E-state index contributed by atoms with van der Waals surface area (Å²) in [5, 5.41) is 46.6. The molecule has 0 saturated carbocycles. The number of para-hydroxylation sites is 2. The lowest BCUT2D eigenvalue weighted by atomic mass is 9.87. The third-order valence-electron chi connectivity index (χ3n) is 23.0. The first kappa shape index (κ1) is 62.4. The molecule has 0 fully saturated rings. The highest BCUT2D eigenvalue weighted by Crippen LogP contribution is 2.46. The third-order valence-corrected chi connectivity index (χ3v) is 23.0. The molecule has 506 valence electrons. The molecule has 0 saturated heterocycles. The number of aromatic nitrogens is 3. The van der Waals surface area contributed by atoms with E-state index in [1.807, 2.05) is 42.6 Å². The van der Waals surface area contributed by atoms with Gasteiger partial charge in [0.1, 0.15) is 0 Å². The zero-order valence-corrected chi connectivity index (χ0v) is 59.5. The minimum absolute atomic E-state index is 0.653. The van der Waals surface area contributed by atoms with Gasteiger partial charge in [0.15, 0.2) is 0 Å². The van der Waals surface area contributed by atoms with Crippen molar-refractivity contribution in [1.82, 2.24) is 14.1 Å². The third kappa shape index (κ3) is 10.0. The Labute approximate surface area is 632 Å². The quantitative estimate of drug-likeness (QED) is 0.142. The number of benzene rings is 20. The highest BCUT2D eigenvalue weighted by molar-refractivity contribution is 6.27. The Hall–Kier alpha value is -15.0. The Morgan fingerprint density at radius 3 is 1.06 bits per heavy atom. The Bertz CT molecular complexity index is 7710. The van der Waals surface area contributed by atoms with E-state index in [9.17, 15) is 10.5 Å². The standard InChI is InChI=1S/C55H32N2.C50H29N3/c56-33-34-14-24-52-50(26-34)51-32-38(21-25-53(51)57(52)45-10-2-1-3-11-45)46-22-23-47(49-13-7-6-12-48(46)49)44-30-41-19-17-39-28-43(29-40-18-20-42(31-44)55(41)54(39)40)37-16-15-35-8-4-5-9-36(35)27-37;51-29-31-13-21-47-44(23-31)45-28-33(19-22-48(45)53(47)41-9-2-1-3-10-41)38-18-20-46(52-30-38)40-26-36-16-14-34-24-39(25-35-15-17-37(27-40)50(36)49(34)35)43-12-6-8-32-7-4-5-11-42(32)43/h1-32H;1-28,30H. The van der Waals surface area contributed by atoms with Crippen molar-refractivity contribution >= 4 is 141 Å². The maximum Gasteiger partial charge on any atom is 0.0991 e. The maximum absolute atomic E-state index is 9.82. The second-order valence-corrected chi connectivity index (χ2v) is 29.2. The zero-order chi connectivity index (χ0) is 72.7. The van der Waals surface area contributed by atoms with Crippen LogP contribution in [0.15, 0.2) is 370 Å². The lowest BCUT2D eigenvalue weighted by molar-refractivity contribution is 1.18. The summed E-state index contributed by atoms with van der Waals surface area (Å²) >= 11 is 0. The van der Waals surface area contributed by atoms with Crippen LogP contribution in [0, 0.1) is 22.7 Å². The van der Waals surface area contributed by atoms with Crippen LogP contribution >= 0.6 is 0 Å². The van der Waals surface area contributed by atoms with E-state index in [-0.39, 0.29) is 0 Å². The second kappa shape index (κ2) is 24.8. The minimum Gasteiger partial charge on any atom is -0.309 e. The summed E-state index contributed by atoms with van der Waals surface area (Å²) in [5.41, 5.74) is 21.8. The molecule has 0 aliphatic carbocycles. The average Bonchev–Trinajstić information content (AvgIpc) is 1.02. The van der Waals surface area contributed by atoms with Crippen LogP contribution in [-0.2, 0) is 0 Å². The number of nitrogens with zero attached hydrogens (tertiary/aromatic N) is 5. The summed E-state index contributed by atoms with van der Waals surface area (Å²) < 4.78 is 4.57. The lowest BCUT2D eigenvalue weighted by Gasteiger charge is -2.16. The molecule has 3 heterocycles.